The number of fused-ring (bicyclic) bond motifs is 1. The van der Waals surface area contributed by atoms with E-state index in [1.807, 2.05) is 36.4 Å². The third kappa shape index (κ3) is 5.60. The van der Waals surface area contributed by atoms with Crippen molar-refractivity contribution in [1.82, 2.24) is 10.6 Å². The number of halogens is 1. The fraction of sp³-hybridized carbons (Fsp3) is 0.333. The highest BCUT2D eigenvalue weighted by molar-refractivity contribution is 14.0. The molecule has 1 aliphatic rings. The van der Waals surface area contributed by atoms with E-state index in [9.17, 15) is 4.79 Å². The lowest BCUT2D eigenvalue weighted by Crippen LogP contribution is -2.41. The van der Waals surface area contributed by atoms with Crippen molar-refractivity contribution in [1.29, 1.82) is 0 Å². The van der Waals surface area contributed by atoms with Crippen molar-refractivity contribution in [2.45, 2.75) is 18.8 Å². The Kier molecular flexibility index (Phi) is 8.56. The molecule has 0 spiro atoms. The monoisotopic (exact) mass is 494 g/mol. The molecule has 1 heterocycles. The lowest BCUT2D eigenvalue weighted by atomic mass is 9.90. The highest BCUT2D eigenvalue weighted by atomic mass is 127. The molecule has 1 atom stereocenters. The standard InChI is InChI=1S/C21H26N4O2.HI/c1-22-21(23-12-11-15-7-3-6-10-19(15)27-2)24-14-16-13-20(26)25-18-9-5-4-8-17(16)18;/h3-10,16H,11-14H2,1-2H3,(H,25,26)(H2,22,23,24);1H. The number of nitrogens with one attached hydrogen (secondary N) is 3. The first-order chi connectivity index (χ1) is 13.2. The van der Waals surface area contributed by atoms with Gasteiger partial charge in [0.05, 0.1) is 7.11 Å². The molecule has 1 aliphatic heterocycles. The van der Waals surface area contributed by atoms with Gasteiger partial charge in [-0.2, -0.15) is 0 Å². The lowest BCUT2D eigenvalue weighted by molar-refractivity contribution is -0.116. The average Bonchev–Trinajstić information content (AvgIpc) is 2.70. The molecule has 0 saturated carbocycles. The van der Waals surface area contributed by atoms with Gasteiger partial charge in [-0.05, 0) is 29.7 Å². The second kappa shape index (κ2) is 10.9. The molecule has 0 aromatic heterocycles. The fourth-order valence-electron chi connectivity index (χ4n) is 3.35. The van der Waals surface area contributed by atoms with E-state index in [0.29, 0.717) is 13.0 Å². The molecule has 0 fully saturated rings. The maximum atomic E-state index is 11.9. The molecule has 0 saturated heterocycles. The van der Waals surface area contributed by atoms with Gasteiger partial charge in [0.2, 0.25) is 5.91 Å². The Hall–Kier alpha value is -2.29. The van der Waals surface area contributed by atoms with Crippen LogP contribution in [0.3, 0.4) is 0 Å². The van der Waals surface area contributed by atoms with E-state index < -0.39 is 0 Å². The summed E-state index contributed by atoms with van der Waals surface area (Å²) >= 11 is 0. The summed E-state index contributed by atoms with van der Waals surface area (Å²) in [5, 5.41) is 9.60. The van der Waals surface area contributed by atoms with Crippen LogP contribution < -0.4 is 20.7 Å². The average molecular weight is 494 g/mol. The largest absolute Gasteiger partial charge is 0.496 e. The van der Waals surface area contributed by atoms with Crippen molar-refractivity contribution < 1.29 is 9.53 Å². The van der Waals surface area contributed by atoms with Crippen LogP contribution in [0.1, 0.15) is 23.5 Å². The van der Waals surface area contributed by atoms with E-state index in [4.69, 9.17) is 4.74 Å². The van der Waals surface area contributed by atoms with E-state index >= 15 is 0 Å². The predicted octanol–water partition coefficient (Wildman–Crippen LogP) is 3.15. The number of para-hydroxylation sites is 2. The van der Waals surface area contributed by atoms with Crippen LogP contribution in [0.5, 0.6) is 5.75 Å². The molecule has 7 heteroatoms. The molecule has 6 nitrogen and oxygen atoms in total. The number of aliphatic imine (C=N–C) groups is 1. The minimum atomic E-state index is 0. The van der Waals surface area contributed by atoms with Gasteiger partial charge >= 0.3 is 0 Å². The van der Waals surface area contributed by atoms with Crippen LogP contribution in [0.15, 0.2) is 53.5 Å². The van der Waals surface area contributed by atoms with E-state index in [1.54, 1.807) is 14.2 Å². The van der Waals surface area contributed by atoms with Crippen LogP contribution in [0.25, 0.3) is 0 Å². The number of rotatable bonds is 6. The molecule has 1 unspecified atom stereocenters. The summed E-state index contributed by atoms with van der Waals surface area (Å²) in [6.45, 7) is 1.39. The number of amides is 1. The second-order valence-corrected chi connectivity index (χ2v) is 6.48. The molecular weight excluding hydrogens is 467 g/mol. The van der Waals surface area contributed by atoms with E-state index in [1.165, 1.54) is 0 Å². The molecule has 0 aliphatic carbocycles. The van der Waals surface area contributed by atoms with Crippen molar-refractivity contribution in [2.75, 3.05) is 32.6 Å². The molecule has 3 rings (SSSR count). The first-order valence-corrected chi connectivity index (χ1v) is 9.16. The van der Waals surface area contributed by atoms with Crippen molar-refractivity contribution in [2.24, 2.45) is 4.99 Å². The van der Waals surface area contributed by atoms with E-state index in [-0.39, 0.29) is 35.8 Å². The summed E-state index contributed by atoms with van der Waals surface area (Å²) in [5.74, 6) is 1.81. The molecule has 0 radical (unpaired) electrons. The number of carbonyl (C=O) groups excluding carboxylic acids is 1. The zero-order chi connectivity index (χ0) is 19.1. The number of anilines is 1. The molecule has 2 aromatic carbocycles. The van der Waals surface area contributed by atoms with Crippen LogP contribution >= 0.6 is 24.0 Å². The number of methoxy groups -OCH3 is 1. The van der Waals surface area contributed by atoms with Gasteiger partial charge in [-0.1, -0.05) is 36.4 Å². The Morgan fingerprint density at radius 3 is 2.71 bits per heavy atom. The molecule has 3 N–H and O–H groups in total. The number of ether oxygens (including phenoxy) is 1. The minimum absolute atomic E-state index is 0. The van der Waals surface area contributed by atoms with Crippen LogP contribution in [0.4, 0.5) is 5.69 Å². The quantitative estimate of drug-likeness (QED) is 0.328. The number of carbonyl (C=O) groups is 1. The summed E-state index contributed by atoms with van der Waals surface area (Å²) in [7, 11) is 3.44. The fourth-order valence-corrected chi connectivity index (χ4v) is 3.35. The van der Waals surface area contributed by atoms with Crippen LogP contribution in [0, 0.1) is 0 Å². The summed E-state index contributed by atoms with van der Waals surface area (Å²) in [4.78, 5) is 16.2. The third-order valence-corrected chi connectivity index (χ3v) is 4.73. The summed E-state index contributed by atoms with van der Waals surface area (Å²) in [6.07, 6.45) is 1.31. The SMILES string of the molecule is CN=C(NCCc1ccccc1OC)NCC1CC(=O)Nc2ccccc21.I. The Bertz CT molecular complexity index is 826. The smallest absolute Gasteiger partial charge is 0.225 e. The minimum Gasteiger partial charge on any atom is -0.496 e. The van der Waals surface area contributed by atoms with Crippen molar-refractivity contribution >= 4 is 41.5 Å². The van der Waals surface area contributed by atoms with Gasteiger partial charge in [0.1, 0.15) is 5.75 Å². The lowest BCUT2D eigenvalue weighted by Gasteiger charge is -2.26. The number of nitrogens with zero attached hydrogens (tertiary/aromatic N) is 1. The normalized spacial score (nSPS) is 15.7. The molecular formula is C21H27IN4O2. The zero-order valence-electron chi connectivity index (χ0n) is 16.2. The van der Waals surface area contributed by atoms with Crippen molar-refractivity contribution in [3.8, 4) is 5.75 Å². The maximum Gasteiger partial charge on any atom is 0.225 e. The first-order valence-electron chi connectivity index (χ1n) is 9.16. The van der Waals surface area contributed by atoms with Gasteiger partial charge in [0.25, 0.3) is 0 Å². The summed E-state index contributed by atoms with van der Waals surface area (Å²) < 4.78 is 5.39. The molecule has 2 aromatic rings. The van der Waals surface area contributed by atoms with Crippen molar-refractivity contribution in [3.63, 3.8) is 0 Å². The number of benzene rings is 2. The van der Waals surface area contributed by atoms with E-state index in [2.05, 4.69) is 33.1 Å². The second-order valence-electron chi connectivity index (χ2n) is 6.48. The van der Waals surface area contributed by atoms with Crippen molar-refractivity contribution in [3.05, 3.63) is 59.7 Å². The molecule has 1 amide bonds. The predicted molar refractivity (Wildman–Crippen MR) is 124 cm³/mol. The Morgan fingerprint density at radius 2 is 1.93 bits per heavy atom. The van der Waals surface area contributed by atoms with Crippen LogP contribution in [0.2, 0.25) is 0 Å². The highest BCUT2D eigenvalue weighted by Crippen LogP contribution is 2.31. The van der Waals surface area contributed by atoms with E-state index in [0.717, 1.165) is 41.5 Å². The maximum absolute atomic E-state index is 11.9. The molecule has 0 bridgehead atoms. The topological polar surface area (TPSA) is 74.8 Å². The number of hydrogen-bond acceptors (Lipinski definition) is 3. The van der Waals surface area contributed by atoms with Gasteiger partial charge in [-0.3, -0.25) is 9.79 Å². The zero-order valence-corrected chi connectivity index (χ0v) is 18.5. The highest BCUT2D eigenvalue weighted by Gasteiger charge is 2.24. The first kappa shape index (κ1) is 22.0. The summed E-state index contributed by atoms with van der Waals surface area (Å²) in [6, 6.07) is 16.0. The Labute approximate surface area is 183 Å². The third-order valence-electron chi connectivity index (χ3n) is 4.73. The summed E-state index contributed by atoms with van der Waals surface area (Å²) in [5.41, 5.74) is 3.22. The Morgan fingerprint density at radius 1 is 1.18 bits per heavy atom. The van der Waals surface area contributed by atoms with Gasteiger partial charge in [0, 0.05) is 38.2 Å². The molecule has 28 heavy (non-hydrogen) atoms. The number of hydrogen-bond donors (Lipinski definition) is 3. The Balaban J connectivity index is 0.00000280. The number of guanidine groups is 1. The molecule has 150 valence electrons. The van der Waals surface area contributed by atoms with Crippen LogP contribution in [-0.4, -0.2) is 39.1 Å². The van der Waals surface area contributed by atoms with Gasteiger partial charge in [-0.15, -0.1) is 24.0 Å². The van der Waals surface area contributed by atoms with Gasteiger partial charge < -0.3 is 20.7 Å². The van der Waals surface area contributed by atoms with Crippen LogP contribution in [-0.2, 0) is 11.2 Å². The van der Waals surface area contributed by atoms with Gasteiger partial charge in [-0.25, -0.2) is 0 Å². The van der Waals surface area contributed by atoms with Gasteiger partial charge in [0.15, 0.2) is 5.96 Å².